The molecule has 1 aliphatic heterocycles. The van der Waals surface area contributed by atoms with Crippen molar-refractivity contribution in [1.29, 1.82) is 0 Å². The molecule has 3 aromatic heterocycles. The Morgan fingerprint density at radius 1 is 1.33 bits per heavy atom. The van der Waals surface area contributed by atoms with Gasteiger partial charge in [-0.15, -0.1) is 0 Å². The number of carbonyl (C=O) groups excluding carboxylic acids is 1. The van der Waals surface area contributed by atoms with Crippen LogP contribution in [0.4, 0.5) is 5.82 Å². The smallest absolute Gasteiger partial charge is 0.225 e. The molecule has 0 aliphatic carbocycles. The summed E-state index contributed by atoms with van der Waals surface area (Å²) in [5.41, 5.74) is 9.96. The van der Waals surface area contributed by atoms with Crippen LogP contribution in [0.25, 0.3) is 22.1 Å². The molecule has 0 spiro atoms. The Morgan fingerprint density at radius 3 is 3.07 bits per heavy atom. The SMILES string of the molecule is Nc1ncnc2c1ncn2Cc1cc(Cl)cc2cc(CNC(=O)C3CCOC3)[nH]c12. The van der Waals surface area contributed by atoms with Gasteiger partial charge < -0.3 is 25.3 Å². The Labute approximate surface area is 176 Å². The molecule has 0 saturated carbocycles. The number of nitrogen functional groups attached to an aromatic ring is 1. The van der Waals surface area contributed by atoms with E-state index in [2.05, 4.69) is 25.3 Å². The number of ether oxygens (including phenoxy) is 1. The van der Waals surface area contributed by atoms with Crippen LogP contribution in [-0.4, -0.2) is 43.6 Å². The van der Waals surface area contributed by atoms with Gasteiger partial charge in [0, 0.05) is 22.7 Å². The lowest BCUT2D eigenvalue weighted by Crippen LogP contribution is -2.30. The fraction of sp³-hybridized carbons (Fsp3) is 0.300. The molecule has 1 unspecified atom stereocenters. The lowest BCUT2D eigenvalue weighted by atomic mass is 10.1. The number of anilines is 1. The van der Waals surface area contributed by atoms with E-state index in [-0.39, 0.29) is 11.8 Å². The summed E-state index contributed by atoms with van der Waals surface area (Å²) >= 11 is 6.36. The van der Waals surface area contributed by atoms with Crippen LogP contribution in [-0.2, 0) is 22.6 Å². The molecule has 1 saturated heterocycles. The van der Waals surface area contributed by atoms with Gasteiger partial charge in [-0.05, 0) is 30.2 Å². The molecule has 1 fully saturated rings. The lowest BCUT2D eigenvalue weighted by Gasteiger charge is -2.08. The Balaban J connectivity index is 1.42. The van der Waals surface area contributed by atoms with Crippen molar-refractivity contribution in [3.05, 3.63) is 47.1 Å². The highest BCUT2D eigenvalue weighted by Gasteiger charge is 2.23. The second-order valence-corrected chi connectivity index (χ2v) is 7.84. The second kappa shape index (κ2) is 7.58. The van der Waals surface area contributed by atoms with Gasteiger partial charge in [-0.25, -0.2) is 15.0 Å². The number of hydrogen-bond donors (Lipinski definition) is 3. The molecule has 5 rings (SSSR count). The van der Waals surface area contributed by atoms with E-state index in [4.69, 9.17) is 22.1 Å². The van der Waals surface area contributed by atoms with Gasteiger partial charge in [-0.1, -0.05) is 11.6 Å². The minimum atomic E-state index is -0.0664. The van der Waals surface area contributed by atoms with Crippen molar-refractivity contribution in [3.8, 4) is 0 Å². The van der Waals surface area contributed by atoms with Gasteiger partial charge in [-0.2, -0.15) is 0 Å². The summed E-state index contributed by atoms with van der Waals surface area (Å²) in [6.07, 6.45) is 3.88. The van der Waals surface area contributed by atoms with E-state index in [1.165, 1.54) is 6.33 Å². The summed E-state index contributed by atoms with van der Waals surface area (Å²) in [6, 6.07) is 5.82. The monoisotopic (exact) mass is 425 g/mol. The van der Waals surface area contributed by atoms with Crippen molar-refractivity contribution < 1.29 is 9.53 Å². The largest absolute Gasteiger partial charge is 0.382 e. The van der Waals surface area contributed by atoms with Crippen molar-refractivity contribution >= 4 is 45.4 Å². The summed E-state index contributed by atoms with van der Waals surface area (Å²) in [6.45, 7) is 2.06. The molecule has 4 N–H and O–H groups in total. The van der Waals surface area contributed by atoms with Crippen LogP contribution in [0.2, 0.25) is 5.02 Å². The van der Waals surface area contributed by atoms with Gasteiger partial charge >= 0.3 is 0 Å². The molecule has 1 aliphatic rings. The first-order valence-corrected chi connectivity index (χ1v) is 10.0. The highest BCUT2D eigenvalue weighted by Crippen LogP contribution is 2.26. The van der Waals surface area contributed by atoms with Crippen molar-refractivity contribution in [3.63, 3.8) is 0 Å². The highest BCUT2D eigenvalue weighted by molar-refractivity contribution is 6.31. The Morgan fingerprint density at radius 2 is 2.23 bits per heavy atom. The number of nitrogens with zero attached hydrogens (tertiary/aromatic N) is 4. The molecule has 0 radical (unpaired) electrons. The average molecular weight is 426 g/mol. The first-order valence-electron chi connectivity index (χ1n) is 9.65. The minimum Gasteiger partial charge on any atom is -0.382 e. The van der Waals surface area contributed by atoms with Gasteiger partial charge in [0.05, 0.1) is 37.5 Å². The summed E-state index contributed by atoms with van der Waals surface area (Å²) in [4.78, 5) is 28.3. The number of carbonyl (C=O) groups is 1. The number of nitrogens with two attached hydrogens (primary N) is 1. The summed E-state index contributed by atoms with van der Waals surface area (Å²) in [5.74, 6) is 0.301. The van der Waals surface area contributed by atoms with E-state index >= 15 is 0 Å². The molecule has 1 atom stereocenters. The van der Waals surface area contributed by atoms with Crippen LogP contribution in [0.1, 0.15) is 17.7 Å². The third-order valence-corrected chi connectivity index (χ3v) is 5.57. The Hall–Kier alpha value is -3.17. The maximum Gasteiger partial charge on any atom is 0.225 e. The summed E-state index contributed by atoms with van der Waals surface area (Å²) in [7, 11) is 0. The zero-order valence-electron chi connectivity index (χ0n) is 16.1. The number of benzene rings is 1. The molecule has 1 aromatic carbocycles. The number of rotatable bonds is 5. The van der Waals surface area contributed by atoms with Crippen molar-refractivity contribution in [2.45, 2.75) is 19.5 Å². The van der Waals surface area contributed by atoms with Crippen LogP contribution in [0.15, 0.2) is 30.9 Å². The molecule has 0 bridgehead atoms. The van der Waals surface area contributed by atoms with Crippen molar-refractivity contribution in [1.82, 2.24) is 29.8 Å². The van der Waals surface area contributed by atoms with Crippen LogP contribution < -0.4 is 11.1 Å². The van der Waals surface area contributed by atoms with Crippen LogP contribution >= 0.6 is 11.6 Å². The van der Waals surface area contributed by atoms with Gasteiger partial charge in [0.2, 0.25) is 5.91 Å². The van der Waals surface area contributed by atoms with Gasteiger partial charge in [0.1, 0.15) is 11.8 Å². The number of H-pyrrole nitrogens is 1. The van der Waals surface area contributed by atoms with E-state index in [0.717, 1.165) is 28.6 Å². The fourth-order valence-corrected chi connectivity index (χ4v) is 4.07. The normalized spacial score (nSPS) is 16.5. The average Bonchev–Trinajstić information content (AvgIpc) is 3.46. The van der Waals surface area contributed by atoms with E-state index in [1.54, 1.807) is 6.33 Å². The zero-order chi connectivity index (χ0) is 20.7. The van der Waals surface area contributed by atoms with Crippen molar-refractivity contribution in [2.24, 2.45) is 5.92 Å². The van der Waals surface area contributed by atoms with Gasteiger partial charge in [0.15, 0.2) is 11.5 Å². The first-order chi connectivity index (χ1) is 14.6. The predicted molar refractivity (Wildman–Crippen MR) is 113 cm³/mol. The van der Waals surface area contributed by atoms with E-state index < -0.39 is 0 Å². The zero-order valence-corrected chi connectivity index (χ0v) is 16.8. The summed E-state index contributed by atoms with van der Waals surface area (Å²) < 4.78 is 7.19. The quantitative estimate of drug-likeness (QED) is 0.450. The maximum absolute atomic E-state index is 12.3. The number of aromatic amines is 1. The topological polar surface area (TPSA) is 124 Å². The Kier molecular flexibility index (Phi) is 4.76. The van der Waals surface area contributed by atoms with E-state index in [0.29, 0.717) is 48.3 Å². The van der Waals surface area contributed by atoms with E-state index in [1.807, 2.05) is 22.8 Å². The number of nitrogens with one attached hydrogen (secondary N) is 2. The third-order valence-electron chi connectivity index (χ3n) is 5.35. The number of halogens is 1. The first kappa shape index (κ1) is 18.8. The van der Waals surface area contributed by atoms with Crippen LogP contribution in [0, 0.1) is 5.92 Å². The lowest BCUT2D eigenvalue weighted by molar-refractivity contribution is -0.125. The van der Waals surface area contributed by atoms with Gasteiger partial charge in [-0.3, -0.25) is 4.79 Å². The number of hydrogen-bond acceptors (Lipinski definition) is 6. The molecular weight excluding hydrogens is 406 g/mol. The Bertz CT molecular complexity index is 1240. The maximum atomic E-state index is 12.3. The number of amides is 1. The summed E-state index contributed by atoms with van der Waals surface area (Å²) in [5, 5.41) is 4.59. The molecule has 30 heavy (non-hydrogen) atoms. The third kappa shape index (κ3) is 3.46. The molecule has 9 nitrogen and oxygen atoms in total. The molecule has 4 aromatic rings. The number of imidazole rings is 1. The van der Waals surface area contributed by atoms with Crippen LogP contribution in [0.3, 0.4) is 0 Å². The highest BCUT2D eigenvalue weighted by atomic mass is 35.5. The fourth-order valence-electron chi connectivity index (χ4n) is 3.82. The number of fused-ring (bicyclic) bond motifs is 2. The standard InChI is InChI=1S/C20H20ClN7O2/c21-14-3-12-5-15(6-23-20(29)11-1-2-30-8-11)27-16(12)13(4-14)7-28-10-26-17-18(22)24-9-25-19(17)28/h3-5,9-11,27H,1-2,6-8H2,(H,23,29)(H2,22,24,25). The minimum absolute atomic E-state index is 0.0200. The molecule has 154 valence electrons. The molecule has 4 heterocycles. The molecule has 1 amide bonds. The predicted octanol–water partition coefficient (Wildman–Crippen LogP) is 2.24. The van der Waals surface area contributed by atoms with E-state index in [9.17, 15) is 4.79 Å². The van der Waals surface area contributed by atoms with Crippen molar-refractivity contribution in [2.75, 3.05) is 18.9 Å². The second-order valence-electron chi connectivity index (χ2n) is 7.41. The van der Waals surface area contributed by atoms with Crippen LogP contribution in [0.5, 0.6) is 0 Å². The number of aromatic nitrogens is 5. The molecule has 10 heteroatoms. The molecular formula is C20H20ClN7O2. The van der Waals surface area contributed by atoms with Gasteiger partial charge in [0.25, 0.3) is 0 Å².